The summed E-state index contributed by atoms with van der Waals surface area (Å²) < 4.78 is 0. The van der Waals surface area contributed by atoms with Gasteiger partial charge in [0.1, 0.15) is 0 Å². The Bertz CT molecular complexity index is 567. The van der Waals surface area contributed by atoms with Crippen LogP contribution >= 0.6 is 0 Å². The van der Waals surface area contributed by atoms with Gasteiger partial charge in [0.05, 0.1) is 0 Å². The summed E-state index contributed by atoms with van der Waals surface area (Å²) in [6, 6.07) is 17.5. The van der Waals surface area contributed by atoms with Gasteiger partial charge >= 0.3 is 0 Å². The molecule has 2 amide bonds. The fourth-order valence-corrected chi connectivity index (χ4v) is 1.63. The van der Waals surface area contributed by atoms with E-state index in [9.17, 15) is 9.59 Å². The van der Waals surface area contributed by atoms with Crippen molar-refractivity contribution in [3.63, 3.8) is 0 Å². The second-order valence-electron chi connectivity index (χ2n) is 4.04. The Morgan fingerprint density at radius 1 is 0.842 bits per heavy atom. The van der Waals surface area contributed by atoms with Crippen molar-refractivity contribution in [1.82, 2.24) is 10.4 Å². The summed E-state index contributed by atoms with van der Waals surface area (Å²) in [6.45, 7) is 0. The minimum absolute atomic E-state index is 0.259. The van der Waals surface area contributed by atoms with Gasteiger partial charge in [0.15, 0.2) is 0 Å². The first kappa shape index (κ1) is 12.8. The molecule has 2 aromatic rings. The lowest BCUT2D eigenvalue weighted by Gasteiger charge is -2.18. The second-order valence-corrected chi connectivity index (χ2v) is 4.04. The molecule has 0 fully saturated rings. The van der Waals surface area contributed by atoms with Crippen LogP contribution in [0.1, 0.15) is 20.7 Å². The van der Waals surface area contributed by atoms with Gasteiger partial charge in [-0.3, -0.25) is 20.0 Å². The van der Waals surface area contributed by atoms with Crippen molar-refractivity contribution in [3.05, 3.63) is 71.8 Å². The Morgan fingerprint density at radius 2 is 1.32 bits per heavy atom. The number of amides is 2. The normalized spacial score (nSPS) is 9.74. The number of nitrogens with zero attached hydrogens (tertiary/aromatic N) is 1. The van der Waals surface area contributed by atoms with Crippen LogP contribution in [0.25, 0.3) is 0 Å². The molecule has 0 atom stereocenters. The maximum atomic E-state index is 12.0. The highest BCUT2D eigenvalue weighted by molar-refractivity contribution is 5.98. The van der Waals surface area contributed by atoms with Gasteiger partial charge in [0.2, 0.25) is 0 Å². The zero-order valence-electron chi connectivity index (χ0n) is 10.5. The van der Waals surface area contributed by atoms with Crippen LogP contribution in [0.4, 0.5) is 0 Å². The van der Waals surface area contributed by atoms with Gasteiger partial charge < -0.3 is 0 Å². The molecule has 0 saturated carbocycles. The molecule has 0 saturated heterocycles. The topological polar surface area (TPSA) is 49.4 Å². The summed E-state index contributed by atoms with van der Waals surface area (Å²) >= 11 is 0. The molecule has 96 valence electrons. The predicted octanol–water partition coefficient (Wildman–Crippen LogP) is 2.10. The van der Waals surface area contributed by atoms with Crippen LogP contribution in [0.2, 0.25) is 0 Å². The fourth-order valence-electron chi connectivity index (χ4n) is 1.63. The molecule has 4 heteroatoms. The molecule has 0 unspecified atom stereocenters. The third-order valence-corrected chi connectivity index (χ3v) is 2.63. The SMILES string of the molecule is CN(NC(=O)c1ccccc1)C(=O)c1ccccc1. The largest absolute Gasteiger partial charge is 0.272 e. The highest BCUT2D eigenvalue weighted by Gasteiger charge is 2.14. The van der Waals surface area contributed by atoms with E-state index >= 15 is 0 Å². The number of hydrogen-bond donors (Lipinski definition) is 1. The quantitative estimate of drug-likeness (QED) is 0.834. The zero-order chi connectivity index (χ0) is 13.7. The highest BCUT2D eigenvalue weighted by Crippen LogP contribution is 2.03. The number of nitrogens with one attached hydrogen (secondary N) is 1. The molecule has 0 bridgehead atoms. The van der Waals surface area contributed by atoms with E-state index in [1.807, 2.05) is 12.1 Å². The molecule has 0 aliphatic carbocycles. The minimum Gasteiger partial charge on any atom is -0.267 e. The average Bonchev–Trinajstić information content (AvgIpc) is 2.48. The first-order chi connectivity index (χ1) is 9.18. The smallest absolute Gasteiger partial charge is 0.267 e. The predicted molar refractivity (Wildman–Crippen MR) is 72.4 cm³/mol. The monoisotopic (exact) mass is 254 g/mol. The number of carbonyl (C=O) groups excluding carboxylic acids is 2. The van der Waals surface area contributed by atoms with Gasteiger partial charge in [-0.05, 0) is 24.3 Å². The van der Waals surface area contributed by atoms with Gasteiger partial charge in [0, 0.05) is 18.2 Å². The molecular weight excluding hydrogens is 240 g/mol. The molecule has 2 rings (SSSR count). The molecule has 0 aromatic heterocycles. The van der Waals surface area contributed by atoms with Crippen molar-refractivity contribution in [1.29, 1.82) is 0 Å². The molecule has 0 heterocycles. The van der Waals surface area contributed by atoms with Crippen LogP contribution in [0.15, 0.2) is 60.7 Å². The van der Waals surface area contributed by atoms with Crippen molar-refractivity contribution in [2.24, 2.45) is 0 Å². The molecule has 1 N–H and O–H groups in total. The number of benzene rings is 2. The maximum Gasteiger partial charge on any atom is 0.272 e. The number of rotatable bonds is 2. The van der Waals surface area contributed by atoms with E-state index < -0.39 is 0 Å². The summed E-state index contributed by atoms with van der Waals surface area (Å²) in [4.78, 5) is 23.9. The van der Waals surface area contributed by atoms with Crippen LogP contribution < -0.4 is 5.43 Å². The molecule has 0 aliphatic heterocycles. The van der Waals surface area contributed by atoms with Crippen molar-refractivity contribution < 1.29 is 9.59 Å². The Balaban J connectivity index is 2.04. The standard InChI is InChI=1S/C15H14N2O2/c1-17(15(19)13-10-6-3-7-11-13)16-14(18)12-8-4-2-5-9-12/h2-11H,1H3,(H,16,18). The Kier molecular flexibility index (Phi) is 3.93. The summed E-state index contributed by atoms with van der Waals surface area (Å²) in [6.07, 6.45) is 0. The van der Waals surface area contributed by atoms with Gasteiger partial charge in [-0.2, -0.15) is 0 Å². The fraction of sp³-hybridized carbons (Fsp3) is 0.0667. The summed E-state index contributed by atoms with van der Waals surface area (Å²) in [5.41, 5.74) is 3.57. The maximum absolute atomic E-state index is 12.0. The Labute approximate surface area is 111 Å². The second kappa shape index (κ2) is 5.82. The molecule has 19 heavy (non-hydrogen) atoms. The van der Waals surface area contributed by atoms with Gasteiger partial charge in [-0.1, -0.05) is 36.4 Å². The summed E-state index contributed by atoms with van der Waals surface area (Å²) in [5.74, 6) is -0.572. The minimum atomic E-state index is -0.313. The first-order valence-corrected chi connectivity index (χ1v) is 5.87. The highest BCUT2D eigenvalue weighted by atomic mass is 16.2. The summed E-state index contributed by atoms with van der Waals surface area (Å²) in [5, 5.41) is 1.19. The van der Waals surface area contributed by atoms with E-state index in [4.69, 9.17) is 0 Å². The van der Waals surface area contributed by atoms with Gasteiger partial charge in [0.25, 0.3) is 11.8 Å². The van der Waals surface area contributed by atoms with Crippen LogP contribution in [0.3, 0.4) is 0 Å². The van der Waals surface area contributed by atoms with Crippen molar-refractivity contribution >= 4 is 11.8 Å². The van der Waals surface area contributed by atoms with Gasteiger partial charge in [-0.15, -0.1) is 0 Å². The lowest BCUT2D eigenvalue weighted by atomic mass is 10.2. The van der Waals surface area contributed by atoms with Crippen molar-refractivity contribution in [2.45, 2.75) is 0 Å². The van der Waals surface area contributed by atoms with Crippen LogP contribution in [-0.2, 0) is 0 Å². The molecule has 0 radical (unpaired) electrons. The lowest BCUT2D eigenvalue weighted by Crippen LogP contribution is -2.43. The van der Waals surface area contributed by atoms with Crippen LogP contribution in [-0.4, -0.2) is 23.9 Å². The average molecular weight is 254 g/mol. The Morgan fingerprint density at radius 3 is 1.84 bits per heavy atom. The number of hydrazine groups is 1. The first-order valence-electron chi connectivity index (χ1n) is 5.87. The molecule has 4 nitrogen and oxygen atoms in total. The third kappa shape index (κ3) is 3.19. The number of hydrogen-bond acceptors (Lipinski definition) is 2. The molecule has 0 spiro atoms. The van der Waals surface area contributed by atoms with Crippen LogP contribution in [0.5, 0.6) is 0 Å². The van der Waals surface area contributed by atoms with Crippen molar-refractivity contribution in [3.8, 4) is 0 Å². The zero-order valence-corrected chi connectivity index (χ0v) is 10.5. The van der Waals surface area contributed by atoms with E-state index in [0.29, 0.717) is 11.1 Å². The lowest BCUT2D eigenvalue weighted by molar-refractivity contribution is 0.0636. The third-order valence-electron chi connectivity index (χ3n) is 2.63. The van der Waals surface area contributed by atoms with E-state index in [0.717, 1.165) is 0 Å². The molecule has 2 aromatic carbocycles. The van der Waals surface area contributed by atoms with E-state index in [-0.39, 0.29) is 11.8 Å². The molecule has 0 aliphatic rings. The number of carbonyl (C=O) groups is 2. The van der Waals surface area contributed by atoms with Gasteiger partial charge in [-0.25, -0.2) is 0 Å². The van der Waals surface area contributed by atoms with E-state index in [1.54, 1.807) is 48.5 Å². The van der Waals surface area contributed by atoms with E-state index in [1.165, 1.54) is 12.1 Å². The Hall–Kier alpha value is -2.62. The van der Waals surface area contributed by atoms with Crippen molar-refractivity contribution in [2.75, 3.05) is 7.05 Å². The van der Waals surface area contributed by atoms with Crippen LogP contribution in [0, 0.1) is 0 Å². The summed E-state index contributed by atoms with van der Waals surface area (Å²) in [7, 11) is 1.52. The molecular formula is C15H14N2O2. The van der Waals surface area contributed by atoms with E-state index in [2.05, 4.69) is 5.43 Å².